The van der Waals surface area contributed by atoms with Crippen LogP contribution in [0.5, 0.6) is 11.6 Å². The number of piperidine rings is 3. The Balaban J connectivity index is 1.57. The number of phenols is 1. The average molecular weight is 381 g/mol. The molecule has 8 heteroatoms. The van der Waals surface area contributed by atoms with Crippen LogP contribution < -0.4 is 4.74 Å². The summed E-state index contributed by atoms with van der Waals surface area (Å²) in [5, 5.41) is 13.8. The van der Waals surface area contributed by atoms with Crippen molar-refractivity contribution in [1.82, 2.24) is 14.7 Å². The SMILES string of the molecule is Oc1ccc(-c2cn(CC3CN4CCC3CC4)nc2OCC(F)(F)F)cc1. The number of nitrogens with zero attached hydrogens (tertiary/aromatic N) is 3. The summed E-state index contributed by atoms with van der Waals surface area (Å²) in [5.74, 6) is 1.17. The van der Waals surface area contributed by atoms with Gasteiger partial charge in [-0.05, 0) is 55.5 Å². The van der Waals surface area contributed by atoms with E-state index in [1.165, 1.54) is 25.0 Å². The van der Waals surface area contributed by atoms with Crippen LogP contribution >= 0.6 is 0 Å². The largest absolute Gasteiger partial charge is 0.508 e. The highest BCUT2D eigenvalue weighted by Gasteiger charge is 2.35. The number of aromatic nitrogens is 2. The van der Waals surface area contributed by atoms with Crippen molar-refractivity contribution in [3.8, 4) is 22.8 Å². The molecule has 5 nitrogen and oxygen atoms in total. The Morgan fingerprint density at radius 1 is 1.15 bits per heavy atom. The predicted octanol–water partition coefficient (Wildman–Crippen LogP) is 3.54. The summed E-state index contributed by atoms with van der Waals surface area (Å²) in [5.41, 5.74) is 1.16. The van der Waals surface area contributed by atoms with E-state index < -0.39 is 12.8 Å². The fourth-order valence-corrected chi connectivity index (χ4v) is 4.13. The number of hydrogen-bond donors (Lipinski definition) is 1. The van der Waals surface area contributed by atoms with E-state index >= 15 is 0 Å². The van der Waals surface area contributed by atoms with Crippen LogP contribution in [-0.2, 0) is 6.54 Å². The Morgan fingerprint density at radius 3 is 2.44 bits per heavy atom. The van der Waals surface area contributed by atoms with Gasteiger partial charge in [0.15, 0.2) is 6.61 Å². The van der Waals surface area contributed by atoms with E-state index in [4.69, 9.17) is 4.74 Å². The molecule has 1 aromatic heterocycles. The molecule has 4 heterocycles. The van der Waals surface area contributed by atoms with Crippen molar-refractivity contribution in [3.05, 3.63) is 30.5 Å². The van der Waals surface area contributed by atoms with Gasteiger partial charge in [-0.1, -0.05) is 12.1 Å². The summed E-state index contributed by atoms with van der Waals surface area (Å²) < 4.78 is 44.5. The normalized spacial score (nSPS) is 24.9. The zero-order chi connectivity index (χ0) is 19.0. The van der Waals surface area contributed by atoms with Gasteiger partial charge in [-0.15, -0.1) is 5.10 Å². The van der Waals surface area contributed by atoms with Crippen molar-refractivity contribution in [1.29, 1.82) is 0 Å². The highest BCUT2D eigenvalue weighted by molar-refractivity contribution is 5.68. The lowest BCUT2D eigenvalue weighted by Gasteiger charge is -2.44. The van der Waals surface area contributed by atoms with Gasteiger partial charge in [0.1, 0.15) is 5.75 Å². The van der Waals surface area contributed by atoms with Crippen LogP contribution in [-0.4, -0.2) is 52.2 Å². The molecule has 5 rings (SSSR count). The lowest BCUT2D eigenvalue weighted by molar-refractivity contribution is -0.154. The van der Waals surface area contributed by atoms with Crippen LogP contribution in [0.4, 0.5) is 13.2 Å². The van der Waals surface area contributed by atoms with Crippen LogP contribution in [0.3, 0.4) is 0 Å². The third kappa shape index (κ3) is 4.21. The molecule has 1 N–H and O–H groups in total. The lowest BCUT2D eigenvalue weighted by atomic mass is 9.79. The summed E-state index contributed by atoms with van der Waals surface area (Å²) in [6.07, 6.45) is -0.329. The molecule has 2 aromatic rings. The second-order valence-electron chi connectivity index (χ2n) is 7.42. The number of hydrogen-bond acceptors (Lipinski definition) is 4. The molecule has 3 aliphatic heterocycles. The maximum Gasteiger partial charge on any atom is 0.422 e. The number of ether oxygens (including phenoxy) is 1. The van der Waals surface area contributed by atoms with Gasteiger partial charge in [0.25, 0.3) is 0 Å². The van der Waals surface area contributed by atoms with Gasteiger partial charge in [-0.2, -0.15) is 13.2 Å². The first kappa shape index (κ1) is 18.2. The van der Waals surface area contributed by atoms with E-state index in [1.807, 2.05) is 0 Å². The number of rotatable bonds is 5. The minimum absolute atomic E-state index is 0.0284. The smallest absolute Gasteiger partial charge is 0.422 e. The summed E-state index contributed by atoms with van der Waals surface area (Å²) >= 11 is 0. The number of alkyl halides is 3. The predicted molar refractivity (Wildman–Crippen MR) is 93.5 cm³/mol. The molecule has 3 saturated heterocycles. The van der Waals surface area contributed by atoms with E-state index in [0.29, 0.717) is 29.5 Å². The standard InChI is InChI=1S/C19H22F3N3O2/c20-19(21,22)12-27-18-17(14-1-3-16(26)4-2-14)11-25(23-18)10-15-9-24-7-5-13(15)6-8-24/h1-4,11,13,15,26H,5-10,12H2. The Kier molecular flexibility index (Phi) is 4.75. The van der Waals surface area contributed by atoms with Crippen molar-refractivity contribution in [2.24, 2.45) is 11.8 Å². The van der Waals surface area contributed by atoms with Crippen molar-refractivity contribution in [3.63, 3.8) is 0 Å². The fourth-order valence-electron chi connectivity index (χ4n) is 4.13. The van der Waals surface area contributed by atoms with Crippen molar-refractivity contribution in [2.75, 3.05) is 26.2 Å². The lowest BCUT2D eigenvalue weighted by Crippen LogP contribution is -2.48. The Labute approximate surface area is 155 Å². The van der Waals surface area contributed by atoms with E-state index in [0.717, 1.165) is 19.6 Å². The second-order valence-corrected chi connectivity index (χ2v) is 7.42. The van der Waals surface area contributed by atoms with Gasteiger partial charge in [0.05, 0.1) is 5.56 Å². The maximum absolute atomic E-state index is 12.6. The highest BCUT2D eigenvalue weighted by Crippen LogP contribution is 2.35. The first-order valence-electron chi connectivity index (χ1n) is 9.16. The summed E-state index contributed by atoms with van der Waals surface area (Å²) in [6, 6.07) is 6.28. The summed E-state index contributed by atoms with van der Waals surface area (Å²) in [7, 11) is 0. The van der Waals surface area contributed by atoms with Crippen LogP contribution in [0.2, 0.25) is 0 Å². The molecule has 0 spiro atoms. The third-order valence-electron chi connectivity index (χ3n) is 5.49. The fraction of sp³-hybridized carbons (Fsp3) is 0.526. The van der Waals surface area contributed by atoms with E-state index in [9.17, 15) is 18.3 Å². The number of halogens is 3. The molecule has 0 amide bonds. The first-order valence-corrected chi connectivity index (χ1v) is 9.16. The zero-order valence-electron chi connectivity index (χ0n) is 14.8. The van der Waals surface area contributed by atoms with Crippen LogP contribution in [0.15, 0.2) is 30.5 Å². The molecule has 3 aliphatic rings. The van der Waals surface area contributed by atoms with Crippen LogP contribution in [0.25, 0.3) is 11.1 Å². The summed E-state index contributed by atoms with van der Waals surface area (Å²) in [4.78, 5) is 2.44. The number of fused-ring (bicyclic) bond motifs is 3. The Bertz CT molecular complexity index is 780. The molecule has 146 valence electrons. The van der Waals surface area contributed by atoms with E-state index in [-0.39, 0.29) is 11.6 Å². The Morgan fingerprint density at radius 2 is 1.85 bits per heavy atom. The molecule has 1 aromatic carbocycles. The van der Waals surface area contributed by atoms with Gasteiger partial charge in [-0.3, -0.25) is 4.68 Å². The van der Waals surface area contributed by atoms with Crippen molar-refractivity contribution in [2.45, 2.75) is 25.6 Å². The average Bonchev–Trinajstić information content (AvgIpc) is 3.04. The number of phenolic OH excluding ortho intramolecular Hbond substituents is 1. The molecule has 1 unspecified atom stereocenters. The van der Waals surface area contributed by atoms with Crippen molar-refractivity contribution >= 4 is 0 Å². The molecule has 1 atom stereocenters. The zero-order valence-corrected chi connectivity index (χ0v) is 14.8. The molecule has 3 fully saturated rings. The Hall–Kier alpha value is -2.22. The monoisotopic (exact) mass is 381 g/mol. The maximum atomic E-state index is 12.6. The minimum atomic E-state index is -4.42. The topological polar surface area (TPSA) is 50.5 Å². The van der Waals surface area contributed by atoms with E-state index in [1.54, 1.807) is 23.0 Å². The van der Waals surface area contributed by atoms with Crippen LogP contribution in [0.1, 0.15) is 12.8 Å². The van der Waals surface area contributed by atoms with Crippen LogP contribution in [0, 0.1) is 11.8 Å². The second kappa shape index (κ2) is 7.07. The quantitative estimate of drug-likeness (QED) is 0.861. The van der Waals surface area contributed by atoms with E-state index in [2.05, 4.69) is 10.00 Å². The molecule has 0 saturated carbocycles. The molecule has 2 bridgehead atoms. The third-order valence-corrected chi connectivity index (χ3v) is 5.49. The van der Waals surface area contributed by atoms with Gasteiger partial charge in [-0.25, -0.2) is 0 Å². The molecular formula is C19H22F3N3O2. The molecule has 0 aliphatic carbocycles. The van der Waals surface area contributed by atoms with Gasteiger partial charge in [0.2, 0.25) is 5.88 Å². The highest BCUT2D eigenvalue weighted by atomic mass is 19.4. The summed E-state index contributed by atoms with van der Waals surface area (Å²) in [6.45, 7) is 2.58. The molecule has 0 radical (unpaired) electrons. The minimum Gasteiger partial charge on any atom is -0.508 e. The number of aromatic hydroxyl groups is 1. The molecular weight excluding hydrogens is 359 g/mol. The molecule has 27 heavy (non-hydrogen) atoms. The van der Waals surface area contributed by atoms with Crippen molar-refractivity contribution < 1.29 is 23.0 Å². The number of benzene rings is 1. The first-order chi connectivity index (χ1) is 12.9. The van der Waals surface area contributed by atoms with Gasteiger partial charge in [0, 0.05) is 19.3 Å². The van der Waals surface area contributed by atoms with Gasteiger partial charge >= 0.3 is 6.18 Å². The van der Waals surface area contributed by atoms with Gasteiger partial charge < -0.3 is 14.7 Å².